The summed E-state index contributed by atoms with van der Waals surface area (Å²) in [5.74, 6) is 0.517. The second-order valence-corrected chi connectivity index (χ2v) is 4.15. The van der Waals surface area contributed by atoms with E-state index in [9.17, 15) is 4.79 Å². The molecule has 3 heteroatoms. The van der Waals surface area contributed by atoms with Crippen LogP contribution < -0.4 is 10.6 Å². The number of benzene rings is 1. The van der Waals surface area contributed by atoms with Crippen LogP contribution in [0.1, 0.15) is 32.3 Å². The van der Waals surface area contributed by atoms with Crippen LogP contribution in [0.25, 0.3) is 0 Å². The topological polar surface area (TPSA) is 41.1 Å². The van der Waals surface area contributed by atoms with Crippen molar-refractivity contribution >= 4 is 11.6 Å². The van der Waals surface area contributed by atoms with E-state index < -0.39 is 0 Å². The van der Waals surface area contributed by atoms with Crippen molar-refractivity contribution < 1.29 is 4.79 Å². The highest BCUT2D eigenvalue weighted by molar-refractivity contribution is 5.72. The first-order valence-electron chi connectivity index (χ1n) is 5.68. The van der Waals surface area contributed by atoms with E-state index in [1.54, 1.807) is 0 Å². The molecule has 0 heterocycles. The third-order valence-corrected chi connectivity index (χ3v) is 2.40. The van der Waals surface area contributed by atoms with Gasteiger partial charge in [-0.3, -0.25) is 4.79 Å². The van der Waals surface area contributed by atoms with Crippen molar-refractivity contribution in [2.24, 2.45) is 0 Å². The van der Waals surface area contributed by atoms with E-state index in [2.05, 4.69) is 36.6 Å². The van der Waals surface area contributed by atoms with Gasteiger partial charge in [-0.25, -0.2) is 0 Å². The number of para-hydroxylation sites is 1. The van der Waals surface area contributed by atoms with Gasteiger partial charge in [0.25, 0.3) is 0 Å². The molecule has 0 saturated heterocycles. The molecule has 88 valence electrons. The van der Waals surface area contributed by atoms with Crippen LogP contribution in [0, 0.1) is 0 Å². The number of anilines is 1. The fourth-order valence-electron chi connectivity index (χ4n) is 1.60. The third-order valence-electron chi connectivity index (χ3n) is 2.40. The maximum absolute atomic E-state index is 10.7. The summed E-state index contributed by atoms with van der Waals surface area (Å²) in [7, 11) is 0. The molecule has 1 rings (SSSR count). The van der Waals surface area contributed by atoms with Crippen molar-refractivity contribution in [3.05, 3.63) is 29.8 Å². The molecule has 0 fully saturated rings. The predicted molar refractivity (Wildman–Crippen MR) is 67.7 cm³/mol. The second kappa shape index (κ2) is 6.16. The van der Waals surface area contributed by atoms with Crippen LogP contribution in [0.4, 0.5) is 5.69 Å². The van der Waals surface area contributed by atoms with Crippen LogP contribution in [0.2, 0.25) is 0 Å². The first-order chi connectivity index (χ1) is 7.61. The van der Waals surface area contributed by atoms with Crippen LogP contribution >= 0.6 is 0 Å². The Kier molecular flexibility index (Phi) is 4.83. The van der Waals surface area contributed by atoms with Gasteiger partial charge in [0.1, 0.15) is 0 Å². The molecule has 0 radical (unpaired) electrons. The summed E-state index contributed by atoms with van der Waals surface area (Å²) in [5.41, 5.74) is 2.47. The maximum atomic E-state index is 10.7. The van der Waals surface area contributed by atoms with Gasteiger partial charge in [-0.1, -0.05) is 32.0 Å². The zero-order valence-electron chi connectivity index (χ0n) is 10.2. The summed E-state index contributed by atoms with van der Waals surface area (Å²) in [5, 5.41) is 6.10. The lowest BCUT2D eigenvalue weighted by atomic mass is 10.0. The highest BCUT2D eigenvalue weighted by atomic mass is 16.1. The van der Waals surface area contributed by atoms with E-state index in [1.807, 2.05) is 12.1 Å². The number of rotatable bonds is 5. The molecule has 3 nitrogen and oxygen atoms in total. The predicted octanol–water partition coefficient (Wildman–Crippen LogP) is 2.36. The maximum Gasteiger partial charge on any atom is 0.216 e. The van der Waals surface area contributed by atoms with Gasteiger partial charge >= 0.3 is 0 Å². The molecule has 1 aromatic rings. The quantitative estimate of drug-likeness (QED) is 0.748. The molecule has 0 aliphatic rings. The molecule has 0 aliphatic carbocycles. The number of carbonyl (C=O) groups is 1. The normalized spacial score (nSPS) is 10.2. The SMILES string of the molecule is CC(=O)NCCNc1ccccc1C(C)C. The van der Waals surface area contributed by atoms with Crippen LogP contribution in [0.5, 0.6) is 0 Å². The Morgan fingerprint density at radius 3 is 2.56 bits per heavy atom. The lowest BCUT2D eigenvalue weighted by molar-refractivity contribution is -0.118. The van der Waals surface area contributed by atoms with Crippen molar-refractivity contribution in [2.45, 2.75) is 26.7 Å². The van der Waals surface area contributed by atoms with Crippen molar-refractivity contribution in [1.82, 2.24) is 5.32 Å². The highest BCUT2D eigenvalue weighted by Gasteiger charge is 2.04. The van der Waals surface area contributed by atoms with Crippen LogP contribution in [-0.2, 0) is 4.79 Å². The Labute approximate surface area is 97.2 Å². The molecule has 0 atom stereocenters. The Bertz CT molecular complexity index is 348. The molecule has 0 aromatic heterocycles. The zero-order valence-corrected chi connectivity index (χ0v) is 10.2. The van der Waals surface area contributed by atoms with E-state index in [0.717, 1.165) is 12.2 Å². The fraction of sp³-hybridized carbons (Fsp3) is 0.462. The number of amides is 1. The smallest absolute Gasteiger partial charge is 0.216 e. The molecule has 1 amide bonds. The molecular formula is C13H20N2O. The minimum atomic E-state index is 0.0129. The van der Waals surface area contributed by atoms with E-state index in [-0.39, 0.29) is 5.91 Å². The minimum Gasteiger partial charge on any atom is -0.383 e. The Morgan fingerprint density at radius 2 is 1.94 bits per heavy atom. The largest absolute Gasteiger partial charge is 0.383 e. The molecule has 0 bridgehead atoms. The number of nitrogens with one attached hydrogen (secondary N) is 2. The van der Waals surface area contributed by atoms with Gasteiger partial charge in [-0.15, -0.1) is 0 Å². The molecular weight excluding hydrogens is 200 g/mol. The van der Waals surface area contributed by atoms with Crippen molar-refractivity contribution in [1.29, 1.82) is 0 Å². The monoisotopic (exact) mass is 220 g/mol. The Morgan fingerprint density at radius 1 is 1.25 bits per heavy atom. The number of hydrogen-bond donors (Lipinski definition) is 2. The van der Waals surface area contributed by atoms with E-state index in [1.165, 1.54) is 12.5 Å². The second-order valence-electron chi connectivity index (χ2n) is 4.15. The zero-order chi connectivity index (χ0) is 12.0. The van der Waals surface area contributed by atoms with E-state index in [4.69, 9.17) is 0 Å². The summed E-state index contributed by atoms with van der Waals surface area (Å²) in [6.07, 6.45) is 0. The van der Waals surface area contributed by atoms with Gasteiger partial charge in [0.05, 0.1) is 0 Å². The highest BCUT2D eigenvalue weighted by Crippen LogP contribution is 2.23. The van der Waals surface area contributed by atoms with Crippen LogP contribution in [0.3, 0.4) is 0 Å². The van der Waals surface area contributed by atoms with Gasteiger partial charge in [0, 0.05) is 25.7 Å². The number of carbonyl (C=O) groups excluding carboxylic acids is 1. The molecule has 2 N–H and O–H groups in total. The average Bonchev–Trinajstić information content (AvgIpc) is 2.24. The minimum absolute atomic E-state index is 0.0129. The molecule has 0 unspecified atom stereocenters. The molecule has 1 aromatic carbocycles. The van der Waals surface area contributed by atoms with Gasteiger partial charge in [-0.05, 0) is 17.5 Å². The lowest BCUT2D eigenvalue weighted by Crippen LogP contribution is -2.26. The Balaban J connectivity index is 2.50. The summed E-state index contributed by atoms with van der Waals surface area (Å²) < 4.78 is 0. The summed E-state index contributed by atoms with van der Waals surface area (Å²) in [4.78, 5) is 10.7. The van der Waals surface area contributed by atoms with Gasteiger partial charge in [0.2, 0.25) is 5.91 Å². The van der Waals surface area contributed by atoms with Crippen LogP contribution in [0.15, 0.2) is 24.3 Å². The molecule has 0 spiro atoms. The van der Waals surface area contributed by atoms with Crippen molar-refractivity contribution in [3.8, 4) is 0 Å². The van der Waals surface area contributed by atoms with Crippen molar-refractivity contribution in [3.63, 3.8) is 0 Å². The summed E-state index contributed by atoms with van der Waals surface area (Å²) >= 11 is 0. The van der Waals surface area contributed by atoms with Gasteiger partial charge < -0.3 is 10.6 Å². The molecule has 0 saturated carbocycles. The van der Waals surface area contributed by atoms with E-state index in [0.29, 0.717) is 12.5 Å². The standard InChI is InChI=1S/C13H20N2O/c1-10(2)12-6-4-5-7-13(12)15-9-8-14-11(3)16/h4-7,10,15H,8-9H2,1-3H3,(H,14,16). The van der Waals surface area contributed by atoms with E-state index >= 15 is 0 Å². The van der Waals surface area contributed by atoms with Crippen LogP contribution in [-0.4, -0.2) is 19.0 Å². The third kappa shape index (κ3) is 3.93. The Hall–Kier alpha value is -1.51. The first kappa shape index (κ1) is 12.6. The molecule has 0 aliphatic heterocycles. The van der Waals surface area contributed by atoms with Crippen molar-refractivity contribution in [2.75, 3.05) is 18.4 Å². The fourth-order valence-corrected chi connectivity index (χ4v) is 1.60. The summed E-state index contributed by atoms with van der Waals surface area (Å²) in [6.45, 7) is 7.29. The first-order valence-corrected chi connectivity index (χ1v) is 5.68. The average molecular weight is 220 g/mol. The number of hydrogen-bond acceptors (Lipinski definition) is 2. The van der Waals surface area contributed by atoms with Gasteiger partial charge in [0.15, 0.2) is 0 Å². The summed E-state index contributed by atoms with van der Waals surface area (Å²) in [6, 6.07) is 8.27. The molecule has 16 heavy (non-hydrogen) atoms. The van der Waals surface area contributed by atoms with Gasteiger partial charge in [-0.2, -0.15) is 0 Å². The lowest BCUT2D eigenvalue weighted by Gasteiger charge is -2.14.